The van der Waals surface area contributed by atoms with E-state index in [2.05, 4.69) is 31.0 Å². The SMILES string of the molecule is C[C@]12CC[C@H]3[C@@H](CC=C4C[C@@H](O)CC[C@@]43C)[C@@H]1CC[C@@H]2C(O)CCc1ccccn1. The van der Waals surface area contributed by atoms with Crippen molar-refractivity contribution < 1.29 is 10.2 Å². The van der Waals surface area contributed by atoms with Gasteiger partial charge in [-0.2, -0.15) is 0 Å². The van der Waals surface area contributed by atoms with Gasteiger partial charge in [0.1, 0.15) is 0 Å². The van der Waals surface area contributed by atoms with Gasteiger partial charge in [0, 0.05) is 11.9 Å². The molecule has 4 aliphatic rings. The number of aromatic nitrogens is 1. The number of pyridine rings is 1. The van der Waals surface area contributed by atoms with Crippen LogP contribution in [0.5, 0.6) is 0 Å². The number of fused-ring (bicyclic) bond motifs is 5. The fourth-order valence-corrected chi connectivity index (χ4v) is 8.36. The molecular formula is C27H39NO2. The highest BCUT2D eigenvalue weighted by atomic mass is 16.3. The van der Waals surface area contributed by atoms with Crippen LogP contribution in [0.3, 0.4) is 0 Å². The molecule has 30 heavy (non-hydrogen) atoms. The Hall–Kier alpha value is -1.19. The first-order valence-electron chi connectivity index (χ1n) is 12.4. The third-order valence-corrected chi connectivity index (χ3v) is 10.0. The number of aryl methyl sites for hydroxylation is 1. The lowest BCUT2D eigenvalue weighted by Crippen LogP contribution is -2.51. The molecule has 8 atom stereocenters. The summed E-state index contributed by atoms with van der Waals surface area (Å²) in [5.41, 5.74) is 3.23. The van der Waals surface area contributed by atoms with Gasteiger partial charge in [-0.05, 0) is 111 Å². The normalized spacial score (nSPS) is 43.9. The molecule has 4 aliphatic carbocycles. The Kier molecular flexibility index (Phi) is 5.34. The van der Waals surface area contributed by atoms with E-state index < -0.39 is 0 Å². The highest BCUT2D eigenvalue weighted by Gasteiger charge is 2.59. The molecule has 0 saturated heterocycles. The highest BCUT2D eigenvalue weighted by molar-refractivity contribution is 5.25. The van der Waals surface area contributed by atoms with Crippen LogP contribution in [-0.4, -0.2) is 27.4 Å². The number of hydrogen-bond donors (Lipinski definition) is 2. The van der Waals surface area contributed by atoms with Crippen LogP contribution in [0.15, 0.2) is 36.0 Å². The zero-order chi connectivity index (χ0) is 20.9. The first-order chi connectivity index (χ1) is 14.4. The maximum Gasteiger partial charge on any atom is 0.0577 e. The van der Waals surface area contributed by atoms with Crippen LogP contribution in [0.2, 0.25) is 0 Å². The summed E-state index contributed by atoms with van der Waals surface area (Å²) in [4.78, 5) is 4.45. The minimum Gasteiger partial charge on any atom is -0.393 e. The second kappa shape index (κ2) is 7.74. The van der Waals surface area contributed by atoms with Crippen LogP contribution in [0, 0.1) is 34.5 Å². The van der Waals surface area contributed by atoms with E-state index in [4.69, 9.17) is 0 Å². The third kappa shape index (κ3) is 3.28. The zero-order valence-corrected chi connectivity index (χ0v) is 18.8. The minimum atomic E-state index is -0.214. The van der Waals surface area contributed by atoms with E-state index in [1.807, 2.05) is 18.3 Å². The van der Waals surface area contributed by atoms with Crippen molar-refractivity contribution in [2.24, 2.45) is 34.5 Å². The predicted octanol–water partition coefficient (Wildman–Crippen LogP) is 5.32. The van der Waals surface area contributed by atoms with Crippen molar-refractivity contribution in [3.05, 3.63) is 41.7 Å². The van der Waals surface area contributed by atoms with Crippen LogP contribution in [0.4, 0.5) is 0 Å². The Morgan fingerprint density at radius 1 is 1.10 bits per heavy atom. The van der Waals surface area contributed by atoms with Gasteiger partial charge in [-0.25, -0.2) is 0 Å². The average molecular weight is 410 g/mol. The molecule has 0 amide bonds. The fraction of sp³-hybridized carbons (Fsp3) is 0.741. The largest absolute Gasteiger partial charge is 0.393 e. The summed E-state index contributed by atoms with van der Waals surface area (Å²) in [6.45, 7) is 5.00. The smallest absolute Gasteiger partial charge is 0.0577 e. The van der Waals surface area contributed by atoms with E-state index in [1.54, 1.807) is 5.57 Å². The molecule has 3 saturated carbocycles. The van der Waals surface area contributed by atoms with Crippen LogP contribution in [0.25, 0.3) is 0 Å². The van der Waals surface area contributed by atoms with Gasteiger partial charge in [0.25, 0.3) is 0 Å². The summed E-state index contributed by atoms with van der Waals surface area (Å²) < 4.78 is 0. The molecule has 0 radical (unpaired) electrons. The Morgan fingerprint density at radius 3 is 2.77 bits per heavy atom. The maximum absolute atomic E-state index is 11.2. The number of nitrogens with zero attached hydrogens (tertiary/aromatic N) is 1. The van der Waals surface area contributed by atoms with E-state index in [1.165, 1.54) is 32.1 Å². The van der Waals surface area contributed by atoms with Gasteiger partial charge in [-0.3, -0.25) is 4.98 Å². The van der Waals surface area contributed by atoms with Crippen molar-refractivity contribution in [2.75, 3.05) is 0 Å². The number of hydrogen-bond acceptors (Lipinski definition) is 3. The lowest BCUT2D eigenvalue weighted by molar-refractivity contribution is -0.0713. The molecule has 0 aliphatic heterocycles. The van der Waals surface area contributed by atoms with Crippen LogP contribution < -0.4 is 0 Å². The maximum atomic E-state index is 11.2. The zero-order valence-electron chi connectivity index (χ0n) is 18.8. The Morgan fingerprint density at radius 2 is 1.97 bits per heavy atom. The van der Waals surface area contributed by atoms with Gasteiger partial charge in [-0.1, -0.05) is 31.6 Å². The van der Waals surface area contributed by atoms with Gasteiger partial charge < -0.3 is 10.2 Å². The molecule has 1 heterocycles. The topological polar surface area (TPSA) is 53.4 Å². The summed E-state index contributed by atoms with van der Waals surface area (Å²) in [5.74, 6) is 2.71. The van der Waals surface area contributed by atoms with Crippen LogP contribution in [0.1, 0.15) is 77.3 Å². The quantitative estimate of drug-likeness (QED) is 0.662. The average Bonchev–Trinajstić information content (AvgIpc) is 3.10. The summed E-state index contributed by atoms with van der Waals surface area (Å²) in [6.07, 6.45) is 15.0. The molecule has 0 bridgehead atoms. The molecule has 2 N–H and O–H groups in total. The summed E-state index contributed by atoms with van der Waals surface area (Å²) in [5, 5.41) is 21.4. The van der Waals surface area contributed by atoms with Crippen molar-refractivity contribution in [1.29, 1.82) is 0 Å². The minimum absolute atomic E-state index is 0.125. The van der Waals surface area contributed by atoms with Gasteiger partial charge in [-0.15, -0.1) is 0 Å². The summed E-state index contributed by atoms with van der Waals surface area (Å²) >= 11 is 0. The van der Waals surface area contributed by atoms with Crippen molar-refractivity contribution in [2.45, 2.75) is 90.3 Å². The van der Waals surface area contributed by atoms with Crippen LogP contribution in [-0.2, 0) is 6.42 Å². The summed E-state index contributed by atoms with van der Waals surface area (Å²) in [7, 11) is 0. The Balaban J connectivity index is 1.31. The molecule has 164 valence electrons. The number of allylic oxidation sites excluding steroid dienone is 1. The molecule has 1 aromatic heterocycles. The molecule has 3 nitrogen and oxygen atoms in total. The van der Waals surface area contributed by atoms with Crippen molar-refractivity contribution >= 4 is 0 Å². The molecule has 0 spiro atoms. The second-order valence-electron chi connectivity index (χ2n) is 11.3. The molecule has 3 heteroatoms. The molecule has 5 rings (SSSR count). The standard InChI is InChI=1S/C27H39NO2/c1-26-14-12-20(29)17-18(26)6-8-21-22-9-10-24(27(22,2)15-13-23(21)26)25(30)11-7-19-5-3-4-16-28-19/h3-6,16,20-25,29-30H,7-15,17H2,1-2H3/t20-,21-,22-,23-,24+,25?,26-,27-/m0/s1. The van der Waals surface area contributed by atoms with Gasteiger partial charge in [0.05, 0.1) is 12.2 Å². The summed E-state index contributed by atoms with van der Waals surface area (Å²) in [6, 6.07) is 6.07. The highest BCUT2D eigenvalue weighted by Crippen LogP contribution is 2.66. The van der Waals surface area contributed by atoms with Crippen molar-refractivity contribution in [1.82, 2.24) is 4.98 Å². The van der Waals surface area contributed by atoms with E-state index in [9.17, 15) is 10.2 Å². The molecule has 1 unspecified atom stereocenters. The van der Waals surface area contributed by atoms with Crippen LogP contribution >= 0.6 is 0 Å². The molecular weight excluding hydrogens is 370 g/mol. The number of aliphatic hydroxyl groups is 2. The van der Waals surface area contributed by atoms with Crippen molar-refractivity contribution in [3.8, 4) is 0 Å². The van der Waals surface area contributed by atoms with Crippen molar-refractivity contribution in [3.63, 3.8) is 0 Å². The van der Waals surface area contributed by atoms with Gasteiger partial charge >= 0.3 is 0 Å². The lowest BCUT2D eigenvalue weighted by Gasteiger charge is -2.58. The predicted molar refractivity (Wildman–Crippen MR) is 120 cm³/mol. The van der Waals surface area contributed by atoms with E-state index in [0.717, 1.165) is 55.6 Å². The first-order valence-corrected chi connectivity index (χ1v) is 12.4. The van der Waals surface area contributed by atoms with Gasteiger partial charge in [0.15, 0.2) is 0 Å². The molecule has 0 aromatic carbocycles. The third-order valence-electron chi connectivity index (χ3n) is 10.0. The Labute approximate surface area is 182 Å². The Bertz CT molecular complexity index is 791. The lowest BCUT2D eigenvalue weighted by atomic mass is 9.47. The van der Waals surface area contributed by atoms with Gasteiger partial charge in [0.2, 0.25) is 0 Å². The van der Waals surface area contributed by atoms with E-state index in [0.29, 0.717) is 11.3 Å². The first kappa shape index (κ1) is 20.7. The molecule has 1 aromatic rings. The molecule has 3 fully saturated rings. The monoisotopic (exact) mass is 409 g/mol. The van der Waals surface area contributed by atoms with E-state index >= 15 is 0 Å². The number of aliphatic hydroxyl groups excluding tert-OH is 2. The second-order valence-corrected chi connectivity index (χ2v) is 11.3. The van der Waals surface area contributed by atoms with E-state index in [-0.39, 0.29) is 17.6 Å². The fourth-order valence-electron chi connectivity index (χ4n) is 8.36. The number of rotatable bonds is 4.